The van der Waals surface area contributed by atoms with E-state index in [0.717, 1.165) is 37.5 Å². The molecule has 0 aromatic heterocycles. The fourth-order valence-corrected chi connectivity index (χ4v) is 2.15. The Bertz CT molecular complexity index is 244. The van der Waals surface area contributed by atoms with Gasteiger partial charge in [0.25, 0.3) is 0 Å². The molecular formula is C21H49NO. The zero-order valence-corrected chi connectivity index (χ0v) is 18.3. The second-order valence-corrected chi connectivity index (χ2v) is 7.78. The van der Waals surface area contributed by atoms with Gasteiger partial charge in [0.05, 0.1) is 5.60 Å². The minimum Gasteiger partial charge on any atom is -0.390 e. The molecule has 0 amide bonds. The van der Waals surface area contributed by atoms with Crippen LogP contribution in [0.4, 0.5) is 0 Å². The van der Waals surface area contributed by atoms with Crippen LogP contribution in [-0.2, 0) is 0 Å². The van der Waals surface area contributed by atoms with Gasteiger partial charge in [-0.05, 0) is 63.7 Å². The van der Waals surface area contributed by atoms with Crippen LogP contribution in [-0.4, -0.2) is 16.2 Å². The van der Waals surface area contributed by atoms with Gasteiger partial charge in [-0.15, -0.1) is 0 Å². The summed E-state index contributed by atoms with van der Waals surface area (Å²) in [5.74, 6) is 1.77. The lowest BCUT2D eigenvalue weighted by molar-refractivity contribution is 0.00192. The van der Waals surface area contributed by atoms with Crippen molar-refractivity contribution in [2.75, 3.05) is 0 Å². The van der Waals surface area contributed by atoms with Crippen LogP contribution in [0.2, 0.25) is 0 Å². The molecule has 2 heteroatoms. The Morgan fingerprint density at radius 3 is 1.61 bits per heavy atom. The van der Waals surface area contributed by atoms with Gasteiger partial charge in [0.1, 0.15) is 0 Å². The summed E-state index contributed by atoms with van der Waals surface area (Å²) in [6, 6.07) is 0. The Kier molecular flexibility index (Phi) is 17.2. The van der Waals surface area contributed by atoms with Gasteiger partial charge < -0.3 is 10.8 Å². The van der Waals surface area contributed by atoms with Gasteiger partial charge in [0.15, 0.2) is 0 Å². The van der Waals surface area contributed by atoms with Crippen LogP contribution in [0, 0.1) is 17.8 Å². The summed E-state index contributed by atoms with van der Waals surface area (Å²) in [5, 5.41) is 10.2. The lowest BCUT2D eigenvalue weighted by atomic mass is 9.82. The molecule has 0 saturated heterocycles. The summed E-state index contributed by atoms with van der Waals surface area (Å²) in [6.07, 6.45) is 5.13. The molecule has 3 N–H and O–H groups in total. The molecule has 0 saturated carbocycles. The lowest BCUT2D eigenvalue weighted by Crippen LogP contribution is -2.38. The maximum atomic E-state index is 10.2. The minimum atomic E-state index is -0.554. The van der Waals surface area contributed by atoms with Crippen molar-refractivity contribution in [1.82, 2.24) is 0 Å². The molecule has 3 atom stereocenters. The van der Waals surface area contributed by atoms with Crippen LogP contribution >= 0.6 is 0 Å². The van der Waals surface area contributed by atoms with Gasteiger partial charge in [-0.3, -0.25) is 0 Å². The highest BCUT2D eigenvalue weighted by molar-refractivity contribution is 4.83. The third kappa shape index (κ3) is 15.2. The molecule has 2 nitrogen and oxygen atoms in total. The first-order valence-corrected chi connectivity index (χ1v) is 9.99. The molecule has 0 aromatic carbocycles. The maximum Gasteiger partial charge on any atom is 0.0642 e. The van der Waals surface area contributed by atoms with Crippen LogP contribution in [0.15, 0.2) is 0 Å². The van der Waals surface area contributed by atoms with Crippen molar-refractivity contribution < 1.29 is 5.11 Å². The standard InChI is InChI=1S/C17H37NO.2C2H6/c1-13(2)15(5)9-12-16(6,18)10-8-11-17(7,19)14(3)4;2*1-2/h13-15,19H,8-12,18H2,1-7H3;2*1-2H3. The molecule has 0 spiro atoms. The van der Waals surface area contributed by atoms with Crippen molar-refractivity contribution in [2.45, 2.75) is 119 Å². The maximum absolute atomic E-state index is 10.2. The van der Waals surface area contributed by atoms with Crippen LogP contribution < -0.4 is 5.73 Å². The predicted molar refractivity (Wildman–Crippen MR) is 108 cm³/mol. The zero-order chi connectivity index (χ0) is 19.3. The number of nitrogens with two attached hydrogens (primary N) is 1. The van der Waals surface area contributed by atoms with Crippen LogP contribution in [0.3, 0.4) is 0 Å². The molecule has 0 fully saturated rings. The van der Waals surface area contributed by atoms with Crippen LogP contribution in [0.5, 0.6) is 0 Å². The number of rotatable bonds is 9. The van der Waals surface area contributed by atoms with E-state index in [9.17, 15) is 5.11 Å². The monoisotopic (exact) mass is 331 g/mol. The Hall–Kier alpha value is -0.0800. The molecule has 0 aliphatic heterocycles. The molecule has 0 bridgehead atoms. The quantitative estimate of drug-likeness (QED) is 0.513. The average Bonchev–Trinajstić information content (AvgIpc) is 2.48. The summed E-state index contributed by atoms with van der Waals surface area (Å²) >= 11 is 0. The smallest absolute Gasteiger partial charge is 0.0642 e. The molecule has 0 aliphatic carbocycles. The van der Waals surface area contributed by atoms with Crippen molar-refractivity contribution in [2.24, 2.45) is 23.5 Å². The van der Waals surface area contributed by atoms with Gasteiger partial charge in [-0.2, -0.15) is 0 Å². The molecule has 0 heterocycles. The summed E-state index contributed by atoms with van der Waals surface area (Å²) in [7, 11) is 0. The van der Waals surface area contributed by atoms with Gasteiger partial charge in [0, 0.05) is 5.54 Å². The van der Waals surface area contributed by atoms with E-state index in [1.54, 1.807) is 0 Å². The van der Waals surface area contributed by atoms with E-state index < -0.39 is 5.60 Å². The van der Waals surface area contributed by atoms with Crippen molar-refractivity contribution in [1.29, 1.82) is 0 Å². The highest BCUT2D eigenvalue weighted by Gasteiger charge is 2.26. The second kappa shape index (κ2) is 14.3. The van der Waals surface area contributed by atoms with Crippen molar-refractivity contribution in [3.05, 3.63) is 0 Å². The summed E-state index contributed by atoms with van der Waals surface area (Å²) in [5.41, 5.74) is 5.75. The van der Waals surface area contributed by atoms with Crippen molar-refractivity contribution in [3.63, 3.8) is 0 Å². The average molecular weight is 332 g/mol. The number of aliphatic hydroxyl groups is 1. The van der Waals surface area contributed by atoms with Crippen molar-refractivity contribution >= 4 is 0 Å². The zero-order valence-electron chi connectivity index (χ0n) is 18.3. The topological polar surface area (TPSA) is 46.2 Å². The summed E-state index contributed by atoms with van der Waals surface area (Å²) < 4.78 is 0. The highest BCUT2D eigenvalue weighted by atomic mass is 16.3. The third-order valence-electron chi connectivity index (χ3n) is 4.98. The highest BCUT2D eigenvalue weighted by Crippen LogP contribution is 2.27. The SMILES string of the molecule is CC.CC.CC(C)C(C)CCC(C)(N)CCCC(C)(O)C(C)C. The Morgan fingerprint density at radius 2 is 1.26 bits per heavy atom. The fourth-order valence-electron chi connectivity index (χ4n) is 2.15. The minimum absolute atomic E-state index is 0.0871. The van der Waals surface area contributed by atoms with E-state index in [1.165, 1.54) is 6.42 Å². The molecular weight excluding hydrogens is 282 g/mol. The molecule has 0 rings (SSSR count). The summed E-state index contributed by atoms with van der Waals surface area (Å²) in [4.78, 5) is 0. The Balaban J connectivity index is -0.000000919. The van der Waals surface area contributed by atoms with Gasteiger partial charge in [-0.1, -0.05) is 62.3 Å². The van der Waals surface area contributed by atoms with Gasteiger partial charge in [-0.25, -0.2) is 0 Å². The van der Waals surface area contributed by atoms with Crippen LogP contribution in [0.1, 0.15) is 108 Å². The Morgan fingerprint density at radius 1 is 0.826 bits per heavy atom. The molecule has 3 unspecified atom stereocenters. The van der Waals surface area contributed by atoms with E-state index in [2.05, 4.69) is 41.5 Å². The predicted octanol–water partition coefficient (Wildman–Crippen LogP) is 6.41. The molecule has 0 aliphatic rings. The lowest BCUT2D eigenvalue weighted by Gasteiger charge is -2.31. The first kappa shape index (κ1) is 27.8. The fraction of sp³-hybridized carbons (Fsp3) is 1.00. The van der Waals surface area contributed by atoms with E-state index in [-0.39, 0.29) is 5.54 Å². The van der Waals surface area contributed by atoms with Crippen LogP contribution in [0.25, 0.3) is 0 Å². The first-order chi connectivity index (χ1) is 10.5. The van der Waals surface area contributed by atoms with E-state index in [0.29, 0.717) is 5.92 Å². The number of hydrogen-bond donors (Lipinski definition) is 2. The third-order valence-corrected chi connectivity index (χ3v) is 4.98. The van der Waals surface area contributed by atoms with E-state index in [4.69, 9.17) is 5.73 Å². The van der Waals surface area contributed by atoms with E-state index >= 15 is 0 Å². The van der Waals surface area contributed by atoms with E-state index in [1.807, 2.05) is 34.6 Å². The molecule has 0 aromatic rings. The summed E-state index contributed by atoms with van der Waals surface area (Å²) in [6.45, 7) is 23.1. The molecule has 144 valence electrons. The molecule has 23 heavy (non-hydrogen) atoms. The molecule has 0 radical (unpaired) electrons. The van der Waals surface area contributed by atoms with Crippen molar-refractivity contribution in [3.8, 4) is 0 Å². The van der Waals surface area contributed by atoms with Gasteiger partial charge in [0.2, 0.25) is 0 Å². The normalized spacial score (nSPS) is 17.3. The number of hydrogen-bond acceptors (Lipinski definition) is 2. The largest absolute Gasteiger partial charge is 0.390 e. The Labute approximate surface area is 148 Å². The second-order valence-electron chi connectivity index (χ2n) is 7.78. The van der Waals surface area contributed by atoms with Gasteiger partial charge >= 0.3 is 0 Å². The first-order valence-electron chi connectivity index (χ1n) is 9.99.